The number of methoxy groups -OCH3 is 1. The van der Waals surface area contributed by atoms with Crippen LogP contribution < -0.4 is 9.64 Å². The molecule has 2 aromatic carbocycles. The van der Waals surface area contributed by atoms with E-state index in [-0.39, 0.29) is 40.7 Å². The maximum Gasteiger partial charge on any atom is 0.254 e. The maximum absolute atomic E-state index is 14.0. The molecule has 0 aromatic heterocycles. The number of imide groups is 2. The molecule has 1 saturated carbocycles. The number of hydrogen-bond acceptors (Lipinski definition) is 6. The predicted octanol–water partition coefficient (Wildman–Crippen LogP) is 5.62. The Morgan fingerprint density at radius 3 is 2.34 bits per heavy atom. The molecule has 13 heteroatoms. The molecule has 41 heavy (non-hydrogen) atoms. The van der Waals surface area contributed by atoms with Crippen molar-refractivity contribution < 1.29 is 29.0 Å². The second kappa shape index (κ2) is 9.88. The second-order valence-electron chi connectivity index (χ2n) is 10.5. The number of carbonyl (C=O) groups excluding carboxylic acids is 4. The summed E-state index contributed by atoms with van der Waals surface area (Å²) >= 11 is 30.0. The van der Waals surface area contributed by atoms with Crippen LogP contribution in [-0.4, -0.2) is 55.9 Å². The number of fused-ring (bicyclic) bond motifs is 4. The number of carbonyl (C=O) groups is 4. The molecular formula is C28H21BrCl4N2O6. The third-order valence-electron chi connectivity index (χ3n) is 8.70. The van der Waals surface area contributed by atoms with E-state index in [2.05, 4.69) is 15.9 Å². The van der Waals surface area contributed by atoms with Crippen molar-refractivity contribution in [3.8, 4) is 11.5 Å². The summed E-state index contributed by atoms with van der Waals surface area (Å²) in [7, 11) is 1.34. The molecule has 8 nitrogen and oxygen atoms in total. The number of alkyl halides is 3. The fourth-order valence-corrected chi connectivity index (χ4v) is 8.66. The normalized spacial score (nSPS) is 32.6. The van der Waals surface area contributed by atoms with Gasteiger partial charge >= 0.3 is 0 Å². The molecule has 3 fully saturated rings. The number of allylic oxidation sites excluding steroid dienone is 2. The van der Waals surface area contributed by atoms with E-state index in [1.54, 1.807) is 24.3 Å². The average Bonchev–Trinajstić information content (AvgIpc) is 3.28. The molecular weight excluding hydrogens is 682 g/mol. The fourth-order valence-electron chi connectivity index (χ4n) is 6.89. The Kier molecular flexibility index (Phi) is 6.94. The number of rotatable bonds is 4. The third kappa shape index (κ3) is 3.78. The number of ether oxygens (including phenoxy) is 1. The summed E-state index contributed by atoms with van der Waals surface area (Å²) < 4.78 is 5.31. The van der Waals surface area contributed by atoms with Crippen LogP contribution in [-0.2, 0) is 19.2 Å². The van der Waals surface area contributed by atoms with Gasteiger partial charge in [0.25, 0.3) is 11.8 Å². The minimum atomic E-state index is -2.00. The fraction of sp³-hybridized carbons (Fsp3) is 0.357. The topological polar surface area (TPSA) is 104 Å². The summed E-state index contributed by atoms with van der Waals surface area (Å²) in [6.45, 7) is 0. The van der Waals surface area contributed by atoms with Crippen molar-refractivity contribution in [1.82, 2.24) is 4.90 Å². The van der Waals surface area contributed by atoms with Crippen molar-refractivity contribution in [2.24, 2.45) is 17.8 Å². The highest BCUT2D eigenvalue weighted by molar-refractivity contribution is 9.09. The predicted molar refractivity (Wildman–Crippen MR) is 157 cm³/mol. The smallest absolute Gasteiger partial charge is 0.254 e. The molecule has 0 bridgehead atoms. The summed E-state index contributed by atoms with van der Waals surface area (Å²) in [5.74, 6) is -5.80. The van der Waals surface area contributed by atoms with Crippen molar-refractivity contribution in [2.75, 3.05) is 17.5 Å². The van der Waals surface area contributed by atoms with Crippen LogP contribution in [0, 0.1) is 17.8 Å². The van der Waals surface area contributed by atoms with Crippen LogP contribution in [0.5, 0.6) is 11.5 Å². The molecule has 2 aliphatic carbocycles. The SMILES string of the molecule is COc1cc(C2C3=CCC4C(=O)N(c5ccc(Cl)cc5)C(=O)C4C3CC3(Cl)C(=O)N(CBr)C(=O)C23Cl)cc(Cl)c1O. The summed E-state index contributed by atoms with van der Waals surface area (Å²) in [6.07, 6.45) is 1.87. The molecule has 6 atom stereocenters. The Morgan fingerprint density at radius 2 is 1.71 bits per heavy atom. The molecule has 2 heterocycles. The first-order chi connectivity index (χ1) is 19.4. The lowest BCUT2D eigenvalue weighted by atomic mass is 9.56. The number of amides is 4. The zero-order chi connectivity index (χ0) is 29.6. The molecule has 6 unspecified atom stereocenters. The van der Waals surface area contributed by atoms with E-state index in [1.807, 2.05) is 6.08 Å². The average molecular weight is 703 g/mol. The molecule has 6 rings (SSSR count). The number of aromatic hydroxyl groups is 1. The summed E-state index contributed by atoms with van der Waals surface area (Å²) in [5.41, 5.74) is 1.20. The van der Waals surface area contributed by atoms with E-state index >= 15 is 0 Å². The molecule has 2 saturated heterocycles. The minimum Gasteiger partial charge on any atom is -0.503 e. The number of anilines is 1. The van der Waals surface area contributed by atoms with Crippen molar-refractivity contribution in [3.63, 3.8) is 0 Å². The van der Waals surface area contributed by atoms with Crippen LogP contribution in [0.25, 0.3) is 0 Å². The Morgan fingerprint density at radius 1 is 1.02 bits per heavy atom. The summed E-state index contributed by atoms with van der Waals surface area (Å²) in [6, 6.07) is 9.30. The van der Waals surface area contributed by atoms with Gasteiger partial charge in [0.15, 0.2) is 21.2 Å². The molecule has 1 N–H and O–H groups in total. The number of nitrogens with zero attached hydrogens (tertiary/aromatic N) is 2. The van der Waals surface area contributed by atoms with Gasteiger partial charge in [-0.1, -0.05) is 50.8 Å². The molecule has 2 aromatic rings. The van der Waals surface area contributed by atoms with Crippen LogP contribution in [0.15, 0.2) is 48.0 Å². The first-order valence-electron chi connectivity index (χ1n) is 12.6. The van der Waals surface area contributed by atoms with Gasteiger partial charge in [0.2, 0.25) is 11.8 Å². The zero-order valence-electron chi connectivity index (χ0n) is 21.2. The van der Waals surface area contributed by atoms with Gasteiger partial charge in [0.05, 0.1) is 35.1 Å². The zero-order valence-corrected chi connectivity index (χ0v) is 25.9. The van der Waals surface area contributed by atoms with Crippen molar-refractivity contribution in [1.29, 1.82) is 0 Å². The van der Waals surface area contributed by atoms with Gasteiger partial charge in [-0.15, -0.1) is 23.2 Å². The number of phenols is 1. The van der Waals surface area contributed by atoms with Gasteiger partial charge in [-0.3, -0.25) is 29.0 Å². The highest BCUT2D eigenvalue weighted by Crippen LogP contribution is 2.66. The molecule has 0 radical (unpaired) electrons. The first-order valence-corrected chi connectivity index (χ1v) is 15.2. The second-order valence-corrected chi connectivity index (χ2v) is 13.1. The highest BCUT2D eigenvalue weighted by Gasteiger charge is 2.76. The van der Waals surface area contributed by atoms with Crippen LogP contribution in [0.1, 0.15) is 24.3 Å². The van der Waals surface area contributed by atoms with Crippen molar-refractivity contribution in [2.45, 2.75) is 28.5 Å². The lowest BCUT2D eigenvalue weighted by molar-refractivity contribution is -0.138. The largest absolute Gasteiger partial charge is 0.503 e. The molecule has 2 aliphatic heterocycles. The number of likely N-dealkylation sites (tertiary alicyclic amines) is 1. The Hall–Kier alpha value is -2.30. The number of phenolic OH excluding ortho intramolecular Hbond substituents is 1. The minimum absolute atomic E-state index is 0.0273. The van der Waals surface area contributed by atoms with E-state index in [1.165, 1.54) is 19.2 Å². The molecule has 214 valence electrons. The summed E-state index contributed by atoms with van der Waals surface area (Å²) in [5, 5.41) is 10.8. The van der Waals surface area contributed by atoms with Crippen LogP contribution >= 0.6 is 62.3 Å². The van der Waals surface area contributed by atoms with Gasteiger partial charge in [-0.05, 0) is 60.7 Å². The van der Waals surface area contributed by atoms with Gasteiger partial charge in [-0.25, -0.2) is 0 Å². The van der Waals surface area contributed by atoms with Gasteiger partial charge in [-0.2, -0.15) is 0 Å². The Bertz CT molecular complexity index is 1570. The number of benzene rings is 2. The summed E-state index contributed by atoms with van der Waals surface area (Å²) in [4.78, 5) is 53.3. The first kappa shape index (κ1) is 28.8. The standard InChI is InChI=1S/C28H21BrCl4N2O6/c1-41-19-9-12(8-18(31)22(19)36)21-15-6-7-16-20(24(38)35(23(16)37)14-4-2-13(30)3-5-14)17(15)10-27(32)25(39)34(11-29)26(40)28(21,27)33/h2-6,8-9,16-17,20-21,36H,7,10-11H2,1H3. The van der Waals surface area contributed by atoms with Crippen LogP contribution in [0.2, 0.25) is 10.0 Å². The van der Waals surface area contributed by atoms with Gasteiger partial charge < -0.3 is 9.84 Å². The third-order valence-corrected chi connectivity index (χ3v) is 11.2. The van der Waals surface area contributed by atoms with Crippen molar-refractivity contribution in [3.05, 3.63) is 63.7 Å². The molecule has 0 spiro atoms. The van der Waals surface area contributed by atoms with E-state index in [0.29, 0.717) is 21.8 Å². The van der Waals surface area contributed by atoms with Crippen LogP contribution in [0.4, 0.5) is 5.69 Å². The quantitative estimate of drug-likeness (QED) is 0.192. The van der Waals surface area contributed by atoms with E-state index in [4.69, 9.17) is 51.1 Å². The van der Waals surface area contributed by atoms with E-state index in [0.717, 1.165) is 9.80 Å². The van der Waals surface area contributed by atoms with Crippen molar-refractivity contribution >= 4 is 91.6 Å². The maximum atomic E-state index is 14.0. The molecule has 4 aliphatic rings. The van der Waals surface area contributed by atoms with E-state index in [9.17, 15) is 24.3 Å². The van der Waals surface area contributed by atoms with Gasteiger partial charge in [0, 0.05) is 10.9 Å². The lowest BCUT2D eigenvalue weighted by Gasteiger charge is -2.50. The number of hydrogen-bond donors (Lipinski definition) is 1. The number of halogens is 5. The van der Waals surface area contributed by atoms with Gasteiger partial charge in [0.1, 0.15) is 0 Å². The highest BCUT2D eigenvalue weighted by atomic mass is 79.9. The Balaban J connectivity index is 1.54. The van der Waals surface area contributed by atoms with E-state index < -0.39 is 51.1 Å². The van der Waals surface area contributed by atoms with Crippen LogP contribution in [0.3, 0.4) is 0 Å². The monoisotopic (exact) mass is 700 g/mol. The molecule has 4 amide bonds. The Labute approximate surface area is 263 Å². The lowest BCUT2D eigenvalue weighted by Crippen LogP contribution is -2.60.